The van der Waals surface area contributed by atoms with E-state index in [0.29, 0.717) is 6.42 Å². The predicted molar refractivity (Wildman–Crippen MR) is 57.3 cm³/mol. The van der Waals surface area contributed by atoms with Crippen LogP contribution in [0.5, 0.6) is 0 Å². The van der Waals surface area contributed by atoms with Crippen LogP contribution < -0.4 is 0 Å². The average Bonchev–Trinajstić information content (AvgIpc) is 2.19. The Kier molecular flexibility index (Phi) is 3.67. The van der Waals surface area contributed by atoms with Crippen molar-refractivity contribution in [2.45, 2.75) is 25.7 Å². The highest BCUT2D eigenvalue weighted by molar-refractivity contribution is 5.33. The second-order valence-electron chi connectivity index (χ2n) is 4.17. The van der Waals surface area contributed by atoms with Gasteiger partial charge in [-0.05, 0) is 17.5 Å². The lowest BCUT2D eigenvalue weighted by atomic mass is 9.82. The Labute approximate surface area is 85.2 Å². The minimum Gasteiger partial charge on any atom is -0.396 e. The molecule has 0 aliphatic heterocycles. The molecular formula is C12H18O2. The first kappa shape index (κ1) is 11.2. The zero-order valence-corrected chi connectivity index (χ0v) is 8.83. The molecule has 0 saturated heterocycles. The third kappa shape index (κ3) is 2.34. The molecule has 0 radical (unpaired) electrons. The van der Waals surface area contributed by atoms with Crippen LogP contribution in [0.2, 0.25) is 0 Å². The van der Waals surface area contributed by atoms with E-state index in [1.54, 1.807) is 0 Å². The lowest BCUT2D eigenvalue weighted by Gasteiger charge is -2.25. The highest BCUT2D eigenvalue weighted by Crippen LogP contribution is 2.26. The van der Waals surface area contributed by atoms with Crippen LogP contribution in [0.1, 0.15) is 25.0 Å². The Balaban J connectivity index is 3.06. The van der Waals surface area contributed by atoms with E-state index in [1.165, 1.54) is 0 Å². The Morgan fingerprint density at radius 3 is 2.36 bits per heavy atom. The molecule has 0 atom stereocenters. The van der Waals surface area contributed by atoms with Crippen LogP contribution in [0.4, 0.5) is 0 Å². The molecule has 0 bridgehead atoms. The molecule has 1 aromatic rings. The molecule has 78 valence electrons. The second-order valence-corrected chi connectivity index (χ2v) is 4.17. The molecule has 2 nitrogen and oxygen atoms in total. The van der Waals surface area contributed by atoms with E-state index in [2.05, 4.69) is 0 Å². The average molecular weight is 194 g/mol. The SMILES string of the molecule is CC(C)(CO)c1ccccc1CCO. The molecule has 0 spiro atoms. The molecular weight excluding hydrogens is 176 g/mol. The maximum atomic E-state index is 9.28. The number of aliphatic hydroxyl groups excluding tert-OH is 2. The Hall–Kier alpha value is -0.860. The first-order valence-electron chi connectivity index (χ1n) is 4.92. The van der Waals surface area contributed by atoms with Gasteiger partial charge in [0.15, 0.2) is 0 Å². The quantitative estimate of drug-likeness (QED) is 0.762. The summed E-state index contributed by atoms with van der Waals surface area (Å²) in [7, 11) is 0. The summed E-state index contributed by atoms with van der Waals surface area (Å²) in [5.74, 6) is 0. The summed E-state index contributed by atoms with van der Waals surface area (Å²) < 4.78 is 0. The highest BCUT2D eigenvalue weighted by atomic mass is 16.3. The van der Waals surface area contributed by atoms with E-state index < -0.39 is 0 Å². The van der Waals surface area contributed by atoms with E-state index >= 15 is 0 Å². The van der Waals surface area contributed by atoms with Crippen molar-refractivity contribution in [3.8, 4) is 0 Å². The minimum absolute atomic E-state index is 0.120. The third-order valence-electron chi connectivity index (χ3n) is 2.52. The van der Waals surface area contributed by atoms with Crippen LogP contribution in [0.15, 0.2) is 24.3 Å². The van der Waals surface area contributed by atoms with Gasteiger partial charge < -0.3 is 10.2 Å². The molecule has 14 heavy (non-hydrogen) atoms. The van der Waals surface area contributed by atoms with Crippen LogP contribution in [-0.4, -0.2) is 23.4 Å². The van der Waals surface area contributed by atoms with Gasteiger partial charge in [-0.25, -0.2) is 0 Å². The smallest absolute Gasteiger partial charge is 0.0522 e. The number of hydrogen-bond acceptors (Lipinski definition) is 2. The zero-order chi connectivity index (χ0) is 10.6. The van der Waals surface area contributed by atoms with Crippen molar-refractivity contribution in [2.24, 2.45) is 0 Å². The molecule has 2 N–H and O–H groups in total. The molecule has 0 amide bonds. The maximum Gasteiger partial charge on any atom is 0.0522 e. The van der Waals surface area contributed by atoms with Gasteiger partial charge in [-0.1, -0.05) is 38.1 Å². The fourth-order valence-corrected chi connectivity index (χ4v) is 1.60. The summed E-state index contributed by atoms with van der Waals surface area (Å²) in [6.45, 7) is 4.28. The fourth-order valence-electron chi connectivity index (χ4n) is 1.60. The molecule has 0 aliphatic rings. The summed E-state index contributed by atoms with van der Waals surface area (Å²) in [5.41, 5.74) is 2.01. The molecule has 0 aliphatic carbocycles. The van der Waals surface area contributed by atoms with Crippen LogP contribution in [0, 0.1) is 0 Å². The molecule has 0 fully saturated rings. The van der Waals surface area contributed by atoms with Crippen LogP contribution >= 0.6 is 0 Å². The van der Waals surface area contributed by atoms with Gasteiger partial charge in [-0.2, -0.15) is 0 Å². The van der Waals surface area contributed by atoms with Gasteiger partial charge >= 0.3 is 0 Å². The molecule has 0 aromatic heterocycles. The molecule has 0 heterocycles. The molecule has 1 rings (SSSR count). The van der Waals surface area contributed by atoms with Crippen molar-refractivity contribution in [3.63, 3.8) is 0 Å². The van der Waals surface area contributed by atoms with Crippen molar-refractivity contribution < 1.29 is 10.2 Å². The number of hydrogen-bond donors (Lipinski definition) is 2. The number of benzene rings is 1. The first-order valence-corrected chi connectivity index (χ1v) is 4.92. The minimum atomic E-state index is -0.230. The lowest BCUT2D eigenvalue weighted by Crippen LogP contribution is -2.24. The van der Waals surface area contributed by atoms with Gasteiger partial charge in [0.25, 0.3) is 0 Å². The number of rotatable bonds is 4. The van der Waals surface area contributed by atoms with Crippen LogP contribution in [0.25, 0.3) is 0 Å². The van der Waals surface area contributed by atoms with Gasteiger partial charge in [0.1, 0.15) is 0 Å². The molecule has 1 aromatic carbocycles. The van der Waals surface area contributed by atoms with Crippen molar-refractivity contribution in [2.75, 3.05) is 13.2 Å². The van der Waals surface area contributed by atoms with E-state index in [4.69, 9.17) is 5.11 Å². The summed E-state index contributed by atoms with van der Waals surface area (Å²) in [6.07, 6.45) is 0.652. The zero-order valence-electron chi connectivity index (χ0n) is 8.83. The molecule has 0 saturated carbocycles. The third-order valence-corrected chi connectivity index (χ3v) is 2.52. The van der Waals surface area contributed by atoms with Crippen molar-refractivity contribution in [1.82, 2.24) is 0 Å². The van der Waals surface area contributed by atoms with Crippen molar-refractivity contribution >= 4 is 0 Å². The van der Waals surface area contributed by atoms with E-state index in [9.17, 15) is 5.11 Å². The largest absolute Gasteiger partial charge is 0.396 e. The lowest BCUT2D eigenvalue weighted by molar-refractivity contribution is 0.217. The standard InChI is InChI=1S/C12H18O2/c1-12(2,9-14)11-6-4-3-5-10(11)7-8-13/h3-6,13-14H,7-9H2,1-2H3. The van der Waals surface area contributed by atoms with E-state index in [-0.39, 0.29) is 18.6 Å². The normalized spacial score (nSPS) is 11.7. The summed E-state index contributed by atoms with van der Waals surface area (Å²) in [5, 5.41) is 18.2. The van der Waals surface area contributed by atoms with Gasteiger partial charge in [-0.15, -0.1) is 0 Å². The second kappa shape index (κ2) is 4.58. The van der Waals surface area contributed by atoms with Gasteiger partial charge in [0.05, 0.1) is 6.61 Å². The Morgan fingerprint density at radius 2 is 1.79 bits per heavy atom. The molecule has 2 heteroatoms. The maximum absolute atomic E-state index is 9.28. The highest BCUT2D eigenvalue weighted by Gasteiger charge is 2.21. The Bertz CT molecular complexity index is 292. The summed E-state index contributed by atoms with van der Waals surface area (Å²) in [4.78, 5) is 0. The summed E-state index contributed by atoms with van der Waals surface area (Å²) >= 11 is 0. The van der Waals surface area contributed by atoms with Crippen molar-refractivity contribution in [3.05, 3.63) is 35.4 Å². The van der Waals surface area contributed by atoms with Crippen LogP contribution in [0.3, 0.4) is 0 Å². The topological polar surface area (TPSA) is 40.5 Å². The monoisotopic (exact) mass is 194 g/mol. The van der Waals surface area contributed by atoms with Crippen molar-refractivity contribution in [1.29, 1.82) is 0 Å². The van der Waals surface area contributed by atoms with Gasteiger partial charge in [0, 0.05) is 12.0 Å². The first-order chi connectivity index (χ1) is 6.61. The Morgan fingerprint density at radius 1 is 1.14 bits per heavy atom. The number of aliphatic hydroxyl groups is 2. The van der Waals surface area contributed by atoms with Gasteiger partial charge in [0.2, 0.25) is 0 Å². The fraction of sp³-hybridized carbons (Fsp3) is 0.500. The summed E-state index contributed by atoms with van der Waals surface area (Å²) in [6, 6.07) is 7.94. The molecule has 0 unspecified atom stereocenters. The van der Waals surface area contributed by atoms with E-state index in [0.717, 1.165) is 11.1 Å². The predicted octanol–water partition coefficient (Wildman–Crippen LogP) is 1.49. The van der Waals surface area contributed by atoms with Crippen LogP contribution in [-0.2, 0) is 11.8 Å². The van der Waals surface area contributed by atoms with E-state index in [1.807, 2.05) is 38.1 Å². The van der Waals surface area contributed by atoms with Gasteiger partial charge in [-0.3, -0.25) is 0 Å².